The van der Waals surface area contributed by atoms with Gasteiger partial charge in [0.15, 0.2) is 0 Å². The molecule has 4 nitrogen and oxygen atoms in total. The smallest absolute Gasteiger partial charge is 0.305 e. The second kappa shape index (κ2) is 6.69. The summed E-state index contributed by atoms with van der Waals surface area (Å²) in [4.78, 5) is 23.7. The molecule has 0 spiro atoms. The molecule has 0 aliphatic rings. The Labute approximate surface area is 129 Å². The summed E-state index contributed by atoms with van der Waals surface area (Å²) in [5.74, 6) is -2.55. The highest BCUT2D eigenvalue weighted by atomic mass is 35.5. The Bertz CT molecular complexity index is 640. The van der Waals surface area contributed by atoms with Crippen LogP contribution in [0.15, 0.2) is 35.7 Å². The Balaban J connectivity index is 2.24. The van der Waals surface area contributed by atoms with Gasteiger partial charge in [0.25, 0.3) is 5.91 Å². The summed E-state index contributed by atoms with van der Waals surface area (Å²) < 4.78 is 13.7. The highest BCUT2D eigenvalue weighted by molar-refractivity contribution is 7.10. The largest absolute Gasteiger partial charge is 0.481 e. The Morgan fingerprint density at radius 3 is 2.67 bits per heavy atom. The Morgan fingerprint density at radius 2 is 2.10 bits per heavy atom. The summed E-state index contributed by atoms with van der Waals surface area (Å²) in [6.07, 6.45) is -0.293. The first-order valence-corrected chi connectivity index (χ1v) is 7.25. The number of carboxylic acids is 1. The molecule has 0 aliphatic heterocycles. The third-order valence-corrected chi connectivity index (χ3v) is 4.06. The Hall–Kier alpha value is -1.92. The normalized spacial score (nSPS) is 11.9. The van der Waals surface area contributed by atoms with Crippen LogP contribution in [0.1, 0.15) is 27.7 Å². The van der Waals surface area contributed by atoms with Crippen molar-refractivity contribution >= 4 is 34.8 Å². The van der Waals surface area contributed by atoms with Crippen LogP contribution in [-0.4, -0.2) is 17.0 Å². The first-order chi connectivity index (χ1) is 9.99. The Morgan fingerprint density at radius 1 is 1.33 bits per heavy atom. The summed E-state index contributed by atoms with van der Waals surface area (Å²) in [5, 5.41) is 13.2. The van der Waals surface area contributed by atoms with Gasteiger partial charge in [0, 0.05) is 4.88 Å². The van der Waals surface area contributed by atoms with E-state index in [0.29, 0.717) is 4.88 Å². The maximum Gasteiger partial charge on any atom is 0.305 e. The van der Waals surface area contributed by atoms with Crippen molar-refractivity contribution in [3.8, 4) is 0 Å². The summed E-state index contributed by atoms with van der Waals surface area (Å²) in [6, 6.07) is 6.64. The van der Waals surface area contributed by atoms with Crippen molar-refractivity contribution in [3.05, 3.63) is 57.0 Å². The zero-order valence-electron chi connectivity index (χ0n) is 10.7. The van der Waals surface area contributed by atoms with Crippen molar-refractivity contribution in [1.82, 2.24) is 5.32 Å². The zero-order valence-corrected chi connectivity index (χ0v) is 12.2. The highest BCUT2D eigenvalue weighted by Gasteiger charge is 2.22. The van der Waals surface area contributed by atoms with E-state index in [-0.39, 0.29) is 17.0 Å². The van der Waals surface area contributed by atoms with Gasteiger partial charge in [-0.3, -0.25) is 9.59 Å². The fraction of sp³-hybridized carbons (Fsp3) is 0.143. The number of hydrogen-bond donors (Lipinski definition) is 2. The number of aliphatic carboxylic acids is 1. The van der Waals surface area contributed by atoms with Crippen LogP contribution in [0, 0.1) is 5.82 Å². The van der Waals surface area contributed by atoms with Crippen molar-refractivity contribution in [2.24, 2.45) is 0 Å². The van der Waals surface area contributed by atoms with E-state index >= 15 is 0 Å². The van der Waals surface area contributed by atoms with Crippen LogP contribution >= 0.6 is 22.9 Å². The lowest BCUT2D eigenvalue weighted by atomic mass is 10.1. The van der Waals surface area contributed by atoms with Gasteiger partial charge in [0.2, 0.25) is 0 Å². The van der Waals surface area contributed by atoms with Crippen LogP contribution in [0.5, 0.6) is 0 Å². The molecule has 2 aromatic rings. The predicted octanol–water partition coefficient (Wildman–Crippen LogP) is 3.49. The first-order valence-electron chi connectivity index (χ1n) is 5.99. The standard InChI is InChI=1S/C14H11ClFNO3S/c15-8-3-1-4-9(16)13(8)14(20)17-10(7-12(18)19)11-5-2-6-21-11/h1-6,10H,7H2,(H,17,20)(H,18,19)/t10-/m0/s1. The monoisotopic (exact) mass is 327 g/mol. The summed E-state index contributed by atoms with van der Waals surface area (Å²) in [7, 11) is 0. The van der Waals surface area contributed by atoms with Crippen LogP contribution < -0.4 is 5.32 Å². The number of carbonyl (C=O) groups excluding carboxylic acids is 1. The molecule has 7 heteroatoms. The van der Waals surface area contributed by atoms with Gasteiger partial charge in [0.1, 0.15) is 5.82 Å². The molecule has 0 bridgehead atoms. The van der Waals surface area contributed by atoms with E-state index in [1.54, 1.807) is 17.5 Å². The van der Waals surface area contributed by atoms with Crippen LogP contribution in [0.3, 0.4) is 0 Å². The third-order valence-electron chi connectivity index (χ3n) is 2.76. The number of carboxylic acid groups (broad SMARTS) is 1. The van der Waals surface area contributed by atoms with Gasteiger partial charge in [-0.25, -0.2) is 4.39 Å². The summed E-state index contributed by atoms with van der Waals surface area (Å²) >= 11 is 7.14. The minimum atomic E-state index is -1.06. The highest BCUT2D eigenvalue weighted by Crippen LogP contribution is 2.24. The molecule has 2 N–H and O–H groups in total. The lowest BCUT2D eigenvalue weighted by Gasteiger charge is -2.16. The molecule has 1 amide bonds. The van der Waals surface area contributed by atoms with E-state index in [1.807, 2.05) is 0 Å². The molecule has 0 unspecified atom stereocenters. The lowest BCUT2D eigenvalue weighted by molar-refractivity contribution is -0.137. The van der Waals surface area contributed by atoms with Crippen LogP contribution in [0.25, 0.3) is 0 Å². The number of halogens is 2. The molecule has 2 rings (SSSR count). The summed E-state index contributed by atoms with van der Waals surface area (Å²) in [6.45, 7) is 0. The average molecular weight is 328 g/mol. The van der Waals surface area contributed by atoms with E-state index in [4.69, 9.17) is 16.7 Å². The van der Waals surface area contributed by atoms with E-state index < -0.39 is 23.7 Å². The van der Waals surface area contributed by atoms with Gasteiger partial charge < -0.3 is 10.4 Å². The molecule has 1 heterocycles. The molecule has 0 saturated carbocycles. The van der Waals surface area contributed by atoms with Crippen molar-refractivity contribution in [1.29, 1.82) is 0 Å². The molecule has 0 aliphatic carbocycles. The van der Waals surface area contributed by atoms with Crippen molar-refractivity contribution in [3.63, 3.8) is 0 Å². The van der Waals surface area contributed by atoms with Crippen LogP contribution in [-0.2, 0) is 4.79 Å². The van der Waals surface area contributed by atoms with Crippen molar-refractivity contribution < 1.29 is 19.1 Å². The van der Waals surface area contributed by atoms with E-state index in [9.17, 15) is 14.0 Å². The summed E-state index contributed by atoms with van der Waals surface area (Å²) in [5.41, 5.74) is -0.286. The van der Waals surface area contributed by atoms with Gasteiger partial charge in [-0.05, 0) is 23.6 Å². The molecule has 1 aromatic heterocycles. The molecule has 110 valence electrons. The van der Waals surface area contributed by atoms with Crippen molar-refractivity contribution in [2.45, 2.75) is 12.5 Å². The topological polar surface area (TPSA) is 66.4 Å². The van der Waals surface area contributed by atoms with Crippen LogP contribution in [0.4, 0.5) is 4.39 Å². The second-order valence-corrected chi connectivity index (χ2v) is 5.62. The lowest BCUT2D eigenvalue weighted by Crippen LogP contribution is -2.30. The quantitative estimate of drug-likeness (QED) is 0.883. The maximum absolute atomic E-state index is 13.7. The molecular formula is C14H11ClFNO3S. The number of amides is 1. The number of thiophene rings is 1. The van der Waals surface area contributed by atoms with E-state index in [1.165, 1.54) is 23.5 Å². The molecular weight excluding hydrogens is 317 g/mol. The van der Waals surface area contributed by atoms with Gasteiger partial charge in [-0.2, -0.15) is 0 Å². The van der Waals surface area contributed by atoms with E-state index in [0.717, 1.165) is 6.07 Å². The molecule has 0 fully saturated rings. The molecule has 21 heavy (non-hydrogen) atoms. The number of rotatable bonds is 5. The maximum atomic E-state index is 13.7. The van der Waals surface area contributed by atoms with Gasteiger partial charge in [-0.15, -0.1) is 11.3 Å². The van der Waals surface area contributed by atoms with Gasteiger partial charge >= 0.3 is 5.97 Å². The second-order valence-electron chi connectivity index (χ2n) is 4.24. The third kappa shape index (κ3) is 3.80. The fourth-order valence-electron chi connectivity index (χ4n) is 1.83. The minimum Gasteiger partial charge on any atom is -0.481 e. The number of carbonyl (C=O) groups is 2. The molecule has 1 aromatic carbocycles. The fourth-order valence-corrected chi connectivity index (χ4v) is 2.86. The predicted molar refractivity (Wildman–Crippen MR) is 78.2 cm³/mol. The van der Waals surface area contributed by atoms with Gasteiger partial charge in [0.05, 0.1) is 23.0 Å². The zero-order chi connectivity index (χ0) is 15.4. The number of nitrogens with one attached hydrogen (secondary N) is 1. The number of hydrogen-bond acceptors (Lipinski definition) is 3. The van der Waals surface area contributed by atoms with Gasteiger partial charge in [-0.1, -0.05) is 23.7 Å². The number of benzene rings is 1. The minimum absolute atomic E-state index is 0.0206. The molecule has 0 radical (unpaired) electrons. The molecule has 1 atom stereocenters. The average Bonchev–Trinajstić information content (AvgIpc) is 2.90. The van der Waals surface area contributed by atoms with Crippen molar-refractivity contribution in [2.75, 3.05) is 0 Å². The SMILES string of the molecule is O=C(O)C[C@H](NC(=O)c1c(F)cccc1Cl)c1cccs1. The van der Waals surface area contributed by atoms with Crippen LogP contribution in [0.2, 0.25) is 5.02 Å². The van der Waals surface area contributed by atoms with E-state index in [2.05, 4.69) is 5.32 Å². The molecule has 0 saturated heterocycles. The first kappa shape index (κ1) is 15.5. The Kier molecular flexibility index (Phi) is 4.93.